The van der Waals surface area contributed by atoms with Gasteiger partial charge in [0.2, 0.25) is 5.69 Å². The maximum atomic E-state index is 13.3. The zero-order valence-electron chi connectivity index (χ0n) is 25.7. The molecule has 0 saturated carbocycles. The number of anilines is 1. The van der Waals surface area contributed by atoms with Gasteiger partial charge in [-0.15, -0.1) is 15.6 Å². The Hall–Kier alpha value is -4.49. The molecule has 2 aromatic heterocycles. The molecule has 252 valence electrons. The average molecular weight is 692 g/mol. The van der Waals surface area contributed by atoms with Gasteiger partial charge in [0.15, 0.2) is 22.8 Å². The molecule has 1 aromatic carbocycles. The van der Waals surface area contributed by atoms with Crippen molar-refractivity contribution in [2.45, 2.75) is 44.8 Å². The predicted molar refractivity (Wildman–Crippen MR) is 168 cm³/mol. The minimum Gasteiger partial charge on any atom is -0.489 e. The monoisotopic (exact) mass is 691 g/mol. The summed E-state index contributed by atoms with van der Waals surface area (Å²) >= 11 is 0.989. The van der Waals surface area contributed by atoms with Crippen LogP contribution in [0.15, 0.2) is 53.1 Å². The molecular weight excluding hydrogens is 656 g/mol. The molecule has 47 heavy (non-hydrogen) atoms. The number of aromatic nitrogens is 2. The molecule has 1 amide bonds. The van der Waals surface area contributed by atoms with Gasteiger partial charge in [0.05, 0.1) is 11.5 Å². The Kier molecular flexibility index (Phi) is 10.9. The summed E-state index contributed by atoms with van der Waals surface area (Å²) in [6.45, 7) is 3.00. The molecule has 0 radical (unpaired) electrons. The van der Waals surface area contributed by atoms with E-state index >= 15 is 0 Å². The lowest BCUT2D eigenvalue weighted by molar-refractivity contribution is -0.660. The Morgan fingerprint density at radius 2 is 1.91 bits per heavy atom. The number of hydrogen-bond donors (Lipinski definition) is 4. The number of thiazole rings is 1. The number of aliphatic carboxylic acids is 1. The predicted octanol–water partition coefficient (Wildman–Crippen LogP) is 1.29. The summed E-state index contributed by atoms with van der Waals surface area (Å²) in [7, 11) is -3.04. The highest BCUT2D eigenvalue weighted by Gasteiger charge is 2.57. The van der Waals surface area contributed by atoms with Crippen molar-refractivity contribution in [1.29, 1.82) is 0 Å². The minimum atomic E-state index is -4.99. The van der Waals surface area contributed by atoms with Crippen LogP contribution in [-0.4, -0.2) is 76.3 Å². The van der Waals surface area contributed by atoms with Crippen molar-refractivity contribution >= 4 is 50.2 Å². The van der Waals surface area contributed by atoms with Crippen LogP contribution in [0.1, 0.15) is 37.9 Å². The number of nitrogens with zero attached hydrogens (tertiary/aromatic N) is 4. The van der Waals surface area contributed by atoms with E-state index < -0.39 is 64.4 Å². The molecule has 6 N–H and O–H groups in total. The van der Waals surface area contributed by atoms with Gasteiger partial charge in [0.1, 0.15) is 25.1 Å². The number of amides is 1. The second-order valence-corrected chi connectivity index (χ2v) is 13.1. The molecule has 2 atom stereocenters. The van der Waals surface area contributed by atoms with Gasteiger partial charge in [0.25, 0.3) is 12.0 Å². The summed E-state index contributed by atoms with van der Waals surface area (Å²) in [4.78, 5) is 47.1. The second-order valence-electron chi connectivity index (χ2n) is 11.2. The van der Waals surface area contributed by atoms with Crippen LogP contribution < -0.4 is 20.8 Å². The Bertz CT molecular complexity index is 1780. The molecule has 0 aliphatic carbocycles. The van der Waals surface area contributed by atoms with E-state index in [1.807, 2.05) is 42.1 Å². The molecule has 16 nitrogen and oxygen atoms in total. The van der Waals surface area contributed by atoms with Crippen LogP contribution in [0.25, 0.3) is 11.3 Å². The van der Waals surface area contributed by atoms with Crippen LogP contribution in [0.2, 0.25) is 0 Å². The Morgan fingerprint density at radius 3 is 2.47 bits per heavy atom. The number of rotatable bonds is 16. The summed E-state index contributed by atoms with van der Waals surface area (Å²) in [6, 6.07) is 11.1. The van der Waals surface area contributed by atoms with Gasteiger partial charge in [-0.25, -0.2) is 14.3 Å². The van der Waals surface area contributed by atoms with E-state index in [1.165, 1.54) is 24.8 Å². The topological polar surface area (TPSA) is 238 Å². The largest absolute Gasteiger partial charge is 0.489 e. The highest BCUT2D eigenvalue weighted by molar-refractivity contribution is 7.80. The maximum absolute atomic E-state index is 13.3. The minimum absolute atomic E-state index is 0.0191. The lowest BCUT2D eigenvalue weighted by Gasteiger charge is -2.50. The third-order valence-electron chi connectivity index (χ3n) is 7.42. The fraction of sp³-hybridized carbons (Fsp3) is 0.379. The molecule has 3 heterocycles. The molecule has 1 aliphatic heterocycles. The molecule has 3 aromatic rings. The van der Waals surface area contributed by atoms with Crippen molar-refractivity contribution in [3.8, 4) is 17.0 Å². The number of benzene rings is 1. The highest BCUT2D eigenvalue weighted by Crippen LogP contribution is 2.40. The van der Waals surface area contributed by atoms with Crippen molar-refractivity contribution in [2.24, 2.45) is 23.9 Å². The van der Waals surface area contributed by atoms with Crippen molar-refractivity contribution < 1.29 is 50.9 Å². The fourth-order valence-electron chi connectivity index (χ4n) is 4.86. The van der Waals surface area contributed by atoms with Crippen molar-refractivity contribution in [3.63, 3.8) is 0 Å². The number of hydrogen-bond acceptors (Lipinski definition) is 13. The molecule has 0 spiro atoms. The smallest absolute Gasteiger partial charge is 0.418 e. The van der Waals surface area contributed by atoms with Gasteiger partial charge in [-0.1, -0.05) is 5.16 Å². The van der Waals surface area contributed by atoms with Crippen LogP contribution in [0.3, 0.4) is 0 Å². The molecule has 0 unspecified atom stereocenters. The number of carbonyl (C=O) groups is 3. The first-order valence-corrected chi connectivity index (χ1v) is 16.5. The molecular formula is C29H35N6O10S2+. The standard InChI is InChI=1S/C29H34N6O10S2/c1-29(2)20(26(37)35(29)45-47(40,41)42)13-23(36)25(21-16-46-28(31)32-21)33-44-24(27(38)39)15-43-19-9-7-18(8-10-19)22-11-6-17(5-4-12-30)14-34(22)3/h6-11,14,16,20,24H,4-5,12-13,15,30H2,1-3H3,(H3-,31,32,38,39,40,41,42)/p+1/b33-25-/t20-,24+/m1/s1. The number of Topliss-reactive ketones (excluding diaryl/α,β-unsaturated/α-hetero) is 1. The summed E-state index contributed by atoms with van der Waals surface area (Å²) in [5, 5.41) is 15.5. The van der Waals surface area contributed by atoms with E-state index in [2.05, 4.69) is 14.4 Å². The van der Waals surface area contributed by atoms with Crippen molar-refractivity contribution in [3.05, 3.63) is 59.2 Å². The Labute approximate surface area is 274 Å². The summed E-state index contributed by atoms with van der Waals surface area (Å²) < 4.78 is 43.2. The molecule has 0 bridgehead atoms. The van der Waals surface area contributed by atoms with Crippen molar-refractivity contribution in [2.75, 3.05) is 18.9 Å². The number of nitrogens with two attached hydrogens (primary N) is 2. The number of nitrogen functional groups attached to an aromatic ring is 1. The lowest BCUT2D eigenvalue weighted by atomic mass is 9.74. The molecule has 1 fully saturated rings. The summed E-state index contributed by atoms with van der Waals surface area (Å²) in [6.07, 6.45) is 1.68. The van der Waals surface area contributed by atoms with E-state index in [4.69, 9.17) is 25.6 Å². The average Bonchev–Trinajstić information content (AvgIpc) is 3.44. The third kappa shape index (κ3) is 8.66. The second kappa shape index (κ2) is 14.5. The lowest BCUT2D eigenvalue weighted by Crippen LogP contribution is -2.68. The van der Waals surface area contributed by atoms with Crippen LogP contribution in [0.5, 0.6) is 5.75 Å². The molecule has 18 heteroatoms. The van der Waals surface area contributed by atoms with Crippen molar-refractivity contribution in [1.82, 2.24) is 10.0 Å². The number of aryl methyl sites for hydroxylation is 2. The van der Waals surface area contributed by atoms with Gasteiger partial charge in [0, 0.05) is 29.0 Å². The van der Waals surface area contributed by atoms with Crippen LogP contribution in [0, 0.1) is 5.92 Å². The number of carboxylic acids is 1. The maximum Gasteiger partial charge on any atom is 0.418 e. The van der Waals surface area contributed by atoms with Gasteiger partial charge < -0.3 is 26.1 Å². The molecule has 1 saturated heterocycles. The zero-order chi connectivity index (χ0) is 34.5. The van der Waals surface area contributed by atoms with Crippen LogP contribution >= 0.6 is 11.3 Å². The van der Waals surface area contributed by atoms with Gasteiger partial charge >= 0.3 is 16.4 Å². The van der Waals surface area contributed by atoms with Gasteiger partial charge in [-0.2, -0.15) is 13.5 Å². The Balaban J connectivity index is 1.45. The SMILES string of the molecule is C[n+]1cc(CCCN)ccc1-c1ccc(OC[C@H](O/N=C(\C(=O)C[C@@H]2C(=O)N(OS(=O)(=O)O)C2(C)C)c2csc(N)n2)C(=O)O)cc1. The molecule has 4 rings (SSSR count). The number of carboxylic acid groups (broad SMARTS) is 1. The number of oxime groups is 1. The first-order chi connectivity index (χ1) is 22.1. The van der Waals surface area contributed by atoms with Crippen LogP contribution in [0.4, 0.5) is 5.13 Å². The number of β-lactam (4-membered cyclic amide) rings is 1. The highest BCUT2D eigenvalue weighted by atomic mass is 32.3. The number of pyridine rings is 1. The van der Waals surface area contributed by atoms with E-state index in [0.29, 0.717) is 17.4 Å². The first-order valence-electron chi connectivity index (χ1n) is 14.2. The van der Waals surface area contributed by atoms with Crippen LogP contribution in [-0.2, 0) is 47.4 Å². The van der Waals surface area contributed by atoms with Gasteiger partial charge in [-0.3, -0.25) is 14.1 Å². The number of hydroxylamine groups is 2. The Morgan fingerprint density at radius 1 is 1.21 bits per heavy atom. The summed E-state index contributed by atoms with van der Waals surface area (Å²) in [5.74, 6) is -3.79. The number of ether oxygens (including phenoxy) is 1. The first kappa shape index (κ1) is 35.4. The normalized spacial score (nSPS) is 16.8. The number of carbonyl (C=O) groups excluding carboxylic acids is 2. The van der Waals surface area contributed by atoms with E-state index in [1.54, 1.807) is 12.1 Å². The quantitative estimate of drug-likeness (QED) is 0.0545. The van der Waals surface area contributed by atoms with E-state index in [9.17, 15) is 27.9 Å². The zero-order valence-corrected chi connectivity index (χ0v) is 27.4. The summed E-state index contributed by atoms with van der Waals surface area (Å²) in [5.41, 5.74) is 12.6. The number of ketones is 1. The fourth-order valence-corrected chi connectivity index (χ4v) is 5.86. The van der Waals surface area contributed by atoms with E-state index in [0.717, 1.165) is 35.4 Å². The molecule has 1 aliphatic rings. The van der Waals surface area contributed by atoms with Gasteiger partial charge in [-0.05, 0) is 63.6 Å². The third-order valence-corrected chi connectivity index (χ3v) is 8.44. The van der Waals surface area contributed by atoms with E-state index in [-0.39, 0.29) is 10.8 Å².